The minimum absolute atomic E-state index is 0.0394. The van der Waals surface area contributed by atoms with E-state index in [1.165, 1.54) is 16.8 Å². The summed E-state index contributed by atoms with van der Waals surface area (Å²) in [5.41, 5.74) is 0.318. The summed E-state index contributed by atoms with van der Waals surface area (Å²) in [6.45, 7) is 0.314. The third kappa shape index (κ3) is 6.04. The normalized spacial score (nSPS) is 11.2. The van der Waals surface area contributed by atoms with E-state index in [0.29, 0.717) is 17.5 Å². The number of carbonyl (C=O) groups excluding carboxylic acids is 1. The molecule has 3 rings (SSSR count). The number of benzene rings is 2. The molecule has 1 amide bonds. The number of rotatable bonds is 8. The Balaban J connectivity index is 1.50. The predicted octanol–water partition coefficient (Wildman–Crippen LogP) is 3.36. The van der Waals surface area contributed by atoms with Gasteiger partial charge in [0.25, 0.3) is 0 Å². The number of nitrogen functional groups attached to an aromatic ring is 1. The Morgan fingerprint density at radius 2 is 1.74 bits per heavy atom. The Morgan fingerprint density at radius 1 is 1.10 bits per heavy atom. The van der Waals surface area contributed by atoms with Crippen molar-refractivity contribution in [2.45, 2.75) is 17.9 Å². The van der Waals surface area contributed by atoms with E-state index in [4.69, 9.17) is 10.6 Å². The number of thioether (sulfide) groups is 1. The molecule has 0 aliphatic rings. The SMILES string of the molecule is COc1ccc(NCc2nnc(SCC(=O)Nc3ccc(C(F)(F)F)cc3)n2N)cc1. The van der Waals surface area contributed by atoms with E-state index in [1.807, 2.05) is 24.3 Å². The zero-order valence-corrected chi connectivity index (χ0v) is 17.1. The average Bonchev–Trinajstić information content (AvgIpc) is 3.10. The molecule has 1 heterocycles. The van der Waals surface area contributed by atoms with Gasteiger partial charge in [-0.3, -0.25) is 4.79 Å². The third-order valence-corrected chi connectivity index (χ3v) is 5.05. The van der Waals surface area contributed by atoms with Gasteiger partial charge in [0, 0.05) is 11.4 Å². The van der Waals surface area contributed by atoms with E-state index in [2.05, 4.69) is 20.8 Å². The van der Waals surface area contributed by atoms with Crippen molar-refractivity contribution in [3.63, 3.8) is 0 Å². The van der Waals surface area contributed by atoms with Crippen LogP contribution in [0.2, 0.25) is 0 Å². The van der Waals surface area contributed by atoms with Crippen LogP contribution in [0.25, 0.3) is 0 Å². The Labute approximate surface area is 180 Å². The Hall–Kier alpha value is -3.41. The number of halogens is 3. The van der Waals surface area contributed by atoms with E-state index in [1.54, 1.807) is 7.11 Å². The summed E-state index contributed by atoms with van der Waals surface area (Å²) in [6.07, 6.45) is -4.43. The molecule has 0 aliphatic heterocycles. The van der Waals surface area contributed by atoms with Gasteiger partial charge in [0.15, 0.2) is 5.82 Å². The molecule has 0 aliphatic carbocycles. The highest BCUT2D eigenvalue weighted by Crippen LogP contribution is 2.29. The first-order valence-corrected chi connectivity index (χ1v) is 9.92. The average molecular weight is 452 g/mol. The van der Waals surface area contributed by atoms with Crippen LogP contribution in [0.4, 0.5) is 24.5 Å². The number of ether oxygens (including phenoxy) is 1. The summed E-state index contributed by atoms with van der Waals surface area (Å²) in [4.78, 5) is 12.1. The standard InChI is InChI=1S/C19H19F3N6O2S/c1-30-15-8-6-13(7-9-15)24-10-16-26-27-18(28(16)23)31-11-17(29)25-14-4-2-12(3-5-14)19(20,21)22/h2-9,24H,10-11,23H2,1H3,(H,25,29). The fraction of sp³-hybridized carbons (Fsp3) is 0.211. The lowest BCUT2D eigenvalue weighted by Gasteiger charge is -2.09. The van der Waals surface area contributed by atoms with Crippen LogP contribution >= 0.6 is 11.8 Å². The largest absolute Gasteiger partial charge is 0.497 e. The molecular weight excluding hydrogens is 433 g/mol. The summed E-state index contributed by atoms with van der Waals surface area (Å²) in [7, 11) is 1.59. The molecule has 0 saturated heterocycles. The maximum Gasteiger partial charge on any atom is 0.416 e. The number of aromatic nitrogens is 3. The maximum atomic E-state index is 12.6. The van der Waals surface area contributed by atoms with Crippen molar-refractivity contribution >= 4 is 29.0 Å². The first-order chi connectivity index (χ1) is 14.8. The number of nitrogens with zero attached hydrogens (tertiary/aromatic N) is 3. The summed E-state index contributed by atoms with van der Waals surface area (Å²) < 4.78 is 44.1. The molecule has 8 nitrogen and oxygen atoms in total. The van der Waals surface area contributed by atoms with Crippen molar-refractivity contribution in [2.75, 3.05) is 29.3 Å². The van der Waals surface area contributed by atoms with Gasteiger partial charge >= 0.3 is 6.18 Å². The summed E-state index contributed by atoms with van der Waals surface area (Å²) in [5, 5.41) is 14.0. The van der Waals surface area contributed by atoms with Gasteiger partial charge < -0.3 is 21.2 Å². The smallest absolute Gasteiger partial charge is 0.416 e. The van der Waals surface area contributed by atoms with Crippen LogP contribution in [0.15, 0.2) is 53.7 Å². The highest BCUT2D eigenvalue weighted by Gasteiger charge is 2.30. The lowest BCUT2D eigenvalue weighted by molar-refractivity contribution is -0.137. The molecule has 0 bridgehead atoms. The molecule has 0 spiro atoms. The minimum Gasteiger partial charge on any atom is -0.497 e. The second kappa shape index (κ2) is 9.60. The van der Waals surface area contributed by atoms with Gasteiger partial charge in [0.2, 0.25) is 11.1 Å². The number of nitrogens with one attached hydrogen (secondary N) is 2. The lowest BCUT2D eigenvalue weighted by atomic mass is 10.2. The number of amides is 1. The molecule has 12 heteroatoms. The molecule has 164 valence electrons. The van der Waals surface area contributed by atoms with Gasteiger partial charge in [-0.1, -0.05) is 11.8 Å². The maximum absolute atomic E-state index is 12.6. The number of methoxy groups -OCH3 is 1. The molecule has 1 aromatic heterocycles. The fourth-order valence-electron chi connectivity index (χ4n) is 2.49. The minimum atomic E-state index is -4.43. The van der Waals surface area contributed by atoms with E-state index in [-0.39, 0.29) is 11.4 Å². The third-order valence-electron chi connectivity index (χ3n) is 4.10. The number of nitrogens with two attached hydrogens (primary N) is 1. The van der Waals surface area contributed by atoms with Crippen LogP contribution in [0.1, 0.15) is 11.4 Å². The first kappa shape index (κ1) is 22.3. The molecule has 0 saturated carbocycles. The van der Waals surface area contributed by atoms with Crippen LogP contribution in [-0.4, -0.2) is 33.6 Å². The second-order valence-electron chi connectivity index (χ2n) is 6.26. The quantitative estimate of drug-likeness (QED) is 0.355. The molecule has 0 unspecified atom stereocenters. The number of anilines is 2. The van der Waals surface area contributed by atoms with Gasteiger partial charge in [-0.05, 0) is 48.5 Å². The second-order valence-corrected chi connectivity index (χ2v) is 7.21. The number of hydrogen-bond acceptors (Lipinski definition) is 7. The van der Waals surface area contributed by atoms with Crippen LogP contribution in [0.3, 0.4) is 0 Å². The highest BCUT2D eigenvalue weighted by atomic mass is 32.2. The summed E-state index contributed by atoms with van der Waals surface area (Å²) in [5.74, 6) is 6.73. The molecule has 3 aromatic rings. The van der Waals surface area contributed by atoms with E-state index in [0.717, 1.165) is 35.3 Å². The van der Waals surface area contributed by atoms with Crippen LogP contribution < -0.4 is 21.2 Å². The van der Waals surface area contributed by atoms with Crippen molar-refractivity contribution in [3.8, 4) is 5.75 Å². The zero-order valence-electron chi connectivity index (χ0n) is 16.3. The van der Waals surface area contributed by atoms with Crippen LogP contribution in [-0.2, 0) is 17.5 Å². The van der Waals surface area contributed by atoms with Crippen molar-refractivity contribution in [1.29, 1.82) is 0 Å². The molecule has 0 atom stereocenters. The van der Waals surface area contributed by atoms with Crippen LogP contribution in [0, 0.1) is 0 Å². The van der Waals surface area contributed by atoms with E-state index >= 15 is 0 Å². The Kier molecular flexibility index (Phi) is 6.90. The zero-order chi connectivity index (χ0) is 22.4. The highest BCUT2D eigenvalue weighted by molar-refractivity contribution is 7.99. The molecule has 0 radical (unpaired) electrons. The van der Waals surface area contributed by atoms with Gasteiger partial charge in [-0.25, -0.2) is 4.68 Å². The van der Waals surface area contributed by atoms with Gasteiger partial charge in [-0.2, -0.15) is 13.2 Å². The fourth-order valence-corrected chi connectivity index (χ4v) is 3.16. The van der Waals surface area contributed by atoms with E-state index < -0.39 is 17.6 Å². The Bertz CT molecular complexity index is 1020. The number of alkyl halides is 3. The molecular formula is C19H19F3N6O2S. The predicted molar refractivity (Wildman–Crippen MR) is 111 cm³/mol. The van der Waals surface area contributed by atoms with Crippen molar-refractivity contribution in [3.05, 3.63) is 59.9 Å². The van der Waals surface area contributed by atoms with Gasteiger partial charge in [0.1, 0.15) is 5.75 Å². The number of carbonyl (C=O) groups is 1. The first-order valence-electron chi connectivity index (χ1n) is 8.93. The molecule has 31 heavy (non-hydrogen) atoms. The van der Waals surface area contributed by atoms with Crippen molar-refractivity contribution in [1.82, 2.24) is 14.9 Å². The van der Waals surface area contributed by atoms with Gasteiger partial charge in [0.05, 0.1) is 25.0 Å². The monoisotopic (exact) mass is 452 g/mol. The topological polar surface area (TPSA) is 107 Å². The lowest BCUT2D eigenvalue weighted by Crippen LogP contribution is -2.18. The van der Waals surface area contributed by atoms with Gasteiger partial charge in [-0.15, -0.1) is 10.2 Å². The number of hydrogen-bond donors (Lipinski definition) is 3. The van der Waals surface area contributed by atoms with Crippen molar-refractivity contribution < 1.29 is 22.7 Å². The van der Waals surface area contributed by atoms with Crippen molar-refractivity contribution in [2.24, 2.45) is 0 Å². The van der Waals surface area contributed by atoms with Crippen LogP contribution in [0.5, 0.6) is 5.75 Å². The molecule has 0 fully saturated rings. The summed E-state index contributed by atoms with van der Waals surface area (Å²) in [6, 6.07) is 11.5. The Morgan fingerprint density at radius 3 is 2.35 bits per heavy atom. The molecule has 4 N–H and O–H groups in total. The summed E-state index contributed by atoms with van der Waals surface area (Å²) >= 11 is 1.06. The molecule has 2 aromatic carbocycles. The van der Waals surface area contributed by atoms with E-state index in [9.17, 15) is 18.0 Å².